The van der Waals surface area contributed by atoms with E-state index in [9.17, 15) is 4.79 Å². The van der Waals surface area contributed by atoms with E-state index in [4.69, 9.17) is 4.42 Å². The van der Waals surface area contributed by atoms with Gasteiger partial charge in [-0.15, -0.1) is 0 Å². The summed E-state index contributed by atoms with van der Waals surface area (Å²) in [6.07, 6.45) is 2.67. The third-order valence-electron chi connectivity index (χ3n) is 2.17. The average molecular weight is 201 g/mol. The molecule has 0 fully saturated rings. The molecule has 0 aliphatic rings. The molecular formula is C12H11NO2. The lowest BCUT2D eigenvalue weighted by atomic mass is 10.1. The second kappa shape index (κ2) is 4.09. The number of carbonyl (C=O) groups is 1. The highest BCUT2D eigenvalue weighted by Crippen LogP contribution is 2.09. The molecule has 0 saturated carbocycles. The molecule has 0 N–H and O–H groups in total. The van der Waals surface area contributed by atoms with Gasteiger partial charge in [-0.1, -0.05) is 29.8 Å². The molecule has 1 aromatic heterocycles. The molecule has 1 heterocycles. The first-order chi connectivity index (χ1) is 7.28. The summed E-state index contributed by atoms with van der Waals surface area (Å²) in [5, 5.41) is 0. The van der Waals surface area contributed by atoms with Crippen LogP contribution in [-0.4, -0.2) is 11.3 Å². The molecule has 0 amide bonds. The first kappa shape index (κ1) is 9.65. The predicted octanol–water partition coefficient (Wildman–Crippen LogP) is 2.39. The second-order valence-corrected chi connectivity index (χ2v) is 3.45. The van der Waals surface area contributed by atoms with Crippen molar-refractivity contribution < 1.29 is 9.21 Å². The quantitative estimate of drug-likeness (QED) is 0.716. The lowest BCUT2D eigenvalue weighted by Crippen LogP contribution is -1.89. The lowest BCUT2D eigenvalue weighted by molar-refractivity contribution is 0.111. The Bertz CT molecular complexity index is 457. The fraction of sp³-hybridized carbons (Fsp3) is 0.167. The van der Waals surface area contributed by atoms with Crippen LogP contribution in [0.5, 0.6) is 0 Å². The predicted molar refractivity (Wildman–Crippen MR) is 55.9 cm³/mol. The molecule has 3 nitrogen and oxygen atoms in total. The molecule has 3 heteroatoms. The second-order valence-electron chi connectivity index (χ2n) is 3.45. The van der Waals surface area contributed by atoms with Gasteiger partial charge < -0.3 is 4.42 Å². The van der Waals surface area contributed by atoms with E-state index >= 15 is 0 Å². The minimum atomic E-state index is 0.345. The Labute approximate surface area is 87.8 Å². The highest BCUT2D eigenvalue weighted by atomic mass is 16.3. The van der Waals surface area contributed by atoms with Crippen molar-refractivity contribution in [2.45, 2.75) is 13.3 Å². The number of aldehydes is 1. The summed E-state index contributed by atoms with van der Waals surface area (Å²) in [6.45, 7) is 2.04. The number of benzene rings is 1. The van der Waals surface area contributed by atoms with Crippen molar-refractivity contribution in [2.75, 3.05) is 0 Å². The molecule has 0 saturated heterocycles. The molecule has 76 valence electrons. The average Bonchev–Trinajstić information content (AvgIpc) is 2.69. The molecule has 0 bridgehead atoms. The Morgan fingerprint density at radius 1 is 1.33 bits per heavy atom. The maximum atomic E-state index is 10.4. The Balaban J connectivity index is 2.14. The molecule has 15 heavy (non-hydrogen) atoms. The van der Waals surface area contributed by atoms with Crippen LogP contribution in [0.2, 0.25) is 0 Å². The Hall–Kier alpha value is -1.90. The number of oxazole rings is 1. The summed E-state index contributed by atoms with van der Waals surface area (Å²) in [5.41, 5.74) is 2.69. The zero-order valence-corrected chi connectivity index (χ0v) is 8.43. The number of hydrogen-bond donors (Lipinski definition) is 0. The number of rotatable bonds is 3. The lowest BCUT2D eigenvalue weighted by Gasteiger charge is -1.97. The minimum Gasteiger partial charge on any atom is -0.448 e. The summed E-state index contributed by atoms with van der Waals surface area (Å²) in [5.74, 6) is 0.570. The van der Waals surface area contributed by atoms with Gasteiger partial charge in [0.1, 0.15) is 12.0 Å². The van der Waals surface area contributed by atoms with Gasteiger partial charge in [0, 0.05) is 6.42 Å². The summed E-state index contributed by atoms with van der Waals surface area (Å²) in [7, 11) is 0. The van der Waals surface area contributed by atoms with E-state index in [1.54, 1.807) is 0 Å². The molecule has 0 aliphatic heterocycles. The summed E-state index contributed by atoms with van der Waals surface area (Å²) < 4.78 is 5.15. The Kier molecular flexibility index (Phi) is 2.63. The van der Waals surface area contributed by atoms with Crippen molar-refractivity contribution in [2.24, 2.45) is 0 Å². The number of aryl methyl sites for hydroxylation is 1. The normalized spacial score (nSPS) is 10.2. The number of aromatic nitrogens is 1. The van der Waals surface area contributed by atoms with Crippen molar-refractivity contribution in [3.63, 3.8) is 0 Å². The largest absolute Gasteiger partial charge is 0.448 e. The van der Waals surface area contributed by atoms with Gasteiger partial charge in [0.15, 0.2) is 12.2 Å². The van der Waals surface area contributed by atoms with E-state index < -0.39 is 0 Å². The molecule has 2 rings (SSSR count). The first-order valence-corrected chi connectivity index (χ1v) is 4.73. The van der Waals surface area contributed by atoms with Crippen LogP contribution in [0.15, 0.2) is 34.9 Å². The van der Waals surface area contributed by atoms with Crippen molar-refractivity contribution in [3.8, 4) is 0 Å². The van der Waals surface area contributed by atoms with E-state index in [0.29, 0.717) is 24.3 Å². The number of hydrogen-bond acceptors (Lipinski definition) is 3. The molecule has 1 aromatic carbocycles. The van der Waals surface area contributed by atoms with E-state index in [-0.39, 0.29) is 0 Å². The molecule has 0 aliphatic carbocycles. The van der Waals surface area contributed by atoms with Crippen molar-refractivity contribution in [1.82, 2.24) is 4.98 Å². The molecule has 2 aromatic rings. The summed E-state index contributed by atoms with van der Waals surface area (Å²) in [6, 6.07) is 8.14. The van der Waals surface area contributed by atoms with Gasteiger partial charge in [-0.2, -0.15) is 0 Å². The topological polar surface area (TPSA) is 43.1 Å². The molecule has 0 spiro atoms. The van der Waals surface area contributed by atoms with Crippen LogP contribution >= 0.6 is 0 Å². The van der Waals surface area contributed by atoms with Crippen LogP contribution < -0.4 is 0 Å². The van der Waals surface area contributed by atoms with E-state index in [1.807, 2.05) is 31.2 Å². The smallest absolute Gasteiger partial charge is 0.199 e. The van der Waals surface area contributed by atoms with Crippen molar-refractivity contribution in [3.05, 3.63) is 53.2 Å². The monoisotopic (exact) mass is 201 g/mol. The van der Waals surface area contributed by atoms with Gasteiger partial charge in [-0.05, 0) is 12.5 Å². The van der Waals surface area contributed by atoms with Crippen LogP contribution in [0.4, 0.5) is 0 Å². The van der Waals surface area contributed by atoms with Gasteiger partial charge in [0.05, 0.1) is 0 Å². The highest BCUT2D eigenvalue weighted by molar-refractivity contribution is 5.70. The fourth-order valence-electron chi connectivity index (χ4n) is 1.34. The zero-order valence-electron chi connectivity index (χ0n) is 8.43. The SMILES string of the molecule is Cc1ccc(Cc2nc(C=O)co2)cc1. The van der Waals surface area contributed by atoms with Crippen molar-refractivity contribution in [1.29, 1.82) is 0 Å². The van der Waals surface area contributed by atoms with Gasteiger partial charge in [-0.25, -0.2) is 4.98 Å². The molecule has 0 unspecified atom stereocenters. The highest BCUT2D eigenvalue weighted by Gasteiger charge is 2.03. The number of nitrogens with zero attached hydrogens (tertiary/aromatic N) is 1. The van der Waals surface area contributed by atoms with Gasteiger partial charge in [0.2, 0.25) is 0 Å². The van der Waals surface area contributed by atoms with Crippen LogP contribution in [-0.2, 0) is 6.42 Å². The van der Waals surface area contributed by atoms with Gasteiger partial charge in [0.25, 0.3) is 0 Å². The van der Waals surface area contributed by atoms with E-state index in [2.05, 4.69) is 4.98 Å². The summed E-state index contributed by atoms with van der Waals surface area (Å²) in [4.78, 5) is 14.4. The van der Waals surface area contributed by atoms with Crippen LogP contribution in [0.25, 0.3) is 0 Å². The maximum Gasteiger partial charge on any atom is 0.199 e. The molecule has 0 radical (unpaired) electrons. The third kappa shape index (κ3) is 2.31. The van der Waals surface area contributed by atoms with Crippen LogP contribution in [0.1, 0.15) is 27.5 Å². The van der Waals surface area contributed by atoms with E-state index in [1.165, 1.54) is 11.8 Å². The third-order valence-corrected chi connectivity index (χ3v) is 2.17. The standard InChI is InChI=1S/C12H11NO2/c1-9-2-4-10(5-3-9)6-12-13-11(7-14)8-15-12/h2-5,7-8H,6H2,1H3. The Morgan fingerprint density at radius 3 is 2.67 bits per heavy atom. The zero-order chi connectivity index (χ0) is 10.7. The number of carbonyl (C=O) groups excluding carboxylic acids is 1. The van der Waals surface area contributed by atoms with Crippen LogP contribution in [0.3, 0.4) is 0 Å². The van der Waals surface area contributed by atoms with Gasteiger partial charge in [-0.3, -0.25) is 4.79 Å². The van der Waals surface area contributed by atoms with Gasteiger partial charge >= 0.3 is 0 Å². The van der Waals surface area contributed by atoms with Crippen molar-refractivity contribution >= 4 is 6.29 Å². The maximum absolute atomic E-state index is 10.4. The Morgan fingerprint density at radius 2 is 2.07 bits per heavy atom. The van der Waals surface area contributed by atoms with Crippen LogP contribution in [0, 0.1) is 6.92 Å². The summed E-state index contributed by atoms with van der Waals surface area (Å²) >= 11 is 0. The molecular weight excluding hydrogens is 190 g/mol. The minimum absolute atomic E-state index is 0.345. The molecule has 0 atom stereocenters. The van der Waals surface area contributed by atoms with E-state index in [0.717, 1.165) is 5.56 Å². The fourth-order valence-corrected chi connectivity index (χ4v) is 1.34. The first-order valence-electron chi connectivity index (χ1n) is 4.73.